The molecule has 0 bridgehead atoms. The van der Waals surface area contributed by atoms with Crippen molar-refractivity contribution in [2.75, 3.05) is 7.11 Å². The van der Waals surface area contributed by atoms with E-state index in [1.54, 1.807) is 0 Å². The van der Waals surface area contributed by atoms with Crippen LogP contribution in [0.25, 0.3) is 10.8 Å². The lowest BCUT2D eigenvalue weighted by molar-refractivity contribution is -0.385. The number of carbonyl (C=O) groups excluding carboxylic acids is 1. The molecule has 0 radical (unpaired) electrons. The van der Waals surface area contributed by atoms with Gasteiger partial charge in [0.05, 0.1) is 35.3 Å². The fourth-order valence-corrected chi connectivity index (χ4v) is 2.82. The third-order valence-corrected chi connectivity index (χ3v) is 4.16. The van der Waals surface area contributed by atoms with Crippen LogP contribution in [0, 0.1) is 10.1 Å². The predicted molar refractivity (Wildman–Crippen MR) is 87.6 cm³/mol. The van der Waals surface area contributed by atoms with Crippen LogP contribution in [0.5, 0.6) is 0 Å². The van der Waals surface area contributed by atoms with E-state index in [1.165, 1.54) is 17.6 Å². The van der Waals surface area contributed by atoms with Crippen LogP contribution in [0.2, 0.25) is 0 Å². The van der Waals surface area contributed by atoms with Crippen LogP contribution in [0.1, 0.15) is 16.1 Å². The molecule has 0 aliphatic carbocycles. The van der Waals surface area contributed by atoms with Crippen molar-refractivity contribution in [1.29, 1.82) is 0 Å². The van der Waals surface area contributed by atoms with Gasteiger partial charge in [-0.05, 0) is 11.4 Å². The van der Waals surface area contributed by atoms with E-state index in [2.05, 4.69) is 9.72 Å². The standard InChI is InChI=1S/C15H11N3O6S/c1-23-15(20)11-5-10(18(21)22)7-17(14(11)19)6-9-8-24-13(16-9)12-3-2-4-25-12/h2-5,7-8H,6H2,1H3. The molecule has 10 heteroatoms. The summed E-state index contributed by atoms with van der Waals surface area (Å²) < 4.78 is 10.9. The Morgan fingerprint density at radius 3 is 2.96 bits per heavy atom. The molecule has 25 heavy (non-hydrogen) atoms. The molecular weight excluding hydrogens is 350 g/mol. The molecule has 3 heterocycles. The van der Waals surface area contributed by atoms with Gasteiger partial charge < -0.3 is 13.7 Å². The summed E-state index contributed by atoms with van der Waals surface area (Å²) in [6, 6.07) is 4.57. The van der Waals surface area contributed by atoms with Crippen LogP contribution in [0.15, 0.2) is 45.3 Å². The lowest BCUT2D eigenvalue weighted by Crippen LogP contribution is -2.27. The Morgan fingerprint density at radius 1 is 1.52 bits per heavy atom. The number of oxazole rings is 1. The number of carbonyl (C=O) groups is 1. The largest absolute Gasteiger partial charge is 0.465 e. The maximum atomic E-state index is 12.4. The van der Waals surface area contributed by atoms with E-state index in [4.69, 9.17) is 4.42 Å². The summed E-state index contributed by atoms with van der Waals surface area (Å²) in [6.45, 7) is -0.0839. The maximum absolute atomic E-state index is 12.4. The molecule has 0 saturated carbocycles. The highest BCUT2D eigenvalue weighted by molar-refractivity contribution is 7.13. The summed E-state index contributed by atoms with van der Waals surface area (Å²) in [5.41, 5.74) is -1.14. The normalized spacial score (nSPS) is 10.6. The fourth-order valence-electron chi connectivity index (χ4n) is 2.16. The average molecular weight is 361 g/mol. The minimum Gasteiger partial charge on any atom is -0.465 e. The molecule has 0 atom stereocenters. The van der Waals surface area contributed by atoms with Crippen molar-refractivity contribution in [3.8, 4) is 10.8 Å². The fraction of sp³-hybridized carbons (Fsp3) is 0.133. The van der Waals surface area contributed by atoms with Crippen molar-refractivity contribution in [2.24, 2.45) is 0 Å². The molecule has 0 aliphatic heterocycles. The zero-order chi connectivity index (χ0) is 18.0. The van der Waals surface area contributed by atoms with Crippen LogP contribution in [0.3, 0.4) is 0 Å². The number of esters is 1. The second kappa shape index (κ2) is 6.69. The van der Waals surface area contributed by atoms with Crippen LogP contribution < -0.4 is 5.56 Å². The molecule has 0 aromatic carbocycles. The summed E-state index contributed by atoms with van der Waals surface area (Å²) in [4.78, 5) is 39.5. The van der Waals surface area contributed by atoms with Gasteiger partial charge in [-0.3, -0.25) is 14.9 Å². The maximum Gasteiger partial charge on any atom is 0.343 e. The Hall–Kier alpha value is -3.27. The first-order valence-electron chi connectivity index (χ1n) is 6.95. The summed E-state index contributed by atoms with van der Waals surface area (Å²) in [5.74, 6) is -0.557. The number of nitro groups is 1. The molecular formula is C15H11N3O6S. The van der Waals surface area contributed by atoms with Crippen LogP contribution in [-0.4, -0.2) is 27.6 Å². The number of methoxy groups -OCH3 is 1. The Morgan fingerprint density at radius 2 is 2.32 bits per heavy atom. The number of thiophene rings is 1. The molecule has 3 rings (SSSR count). The zero-order valence-corrected chi connectivity index (χ0v) is 13.7. The van der Waals surface area contributed by atoms with Gasteiger partial charge in [-0.15, -0.1) is 11.3 Å². The number of rotatable bonds is 5. The van der Waals surface area contributed by atoms with Gasteiger partial charge in [0.1, 0.15) is 11.8 Å². The first kappa shape index (κ1) is 16.6. The minimum absolute atomic E-state index is 0.0839. The molecule has 0 fully saturated rings. The molecule has 0 unspecified atom stereocenters. The number of aromatic nitrogens is 2. The first-order chi connectivity index (χ1) is 12.0. The first-order valence-corrected chi connectivity index (χ1v) is 7.83. The molecule has 0 aliphatic rings. The molecule has 9 nitrogen and oxygen atoms in total. The topological polar surface area (TPSA) is 117 Å². The number of hydrogen-bond acceptors (Lipinski definition) is 8. The smallest absolute Gasteiger partial charge is 0.343 e. The van der Waals surface area contributed by atoms with Gasteiger partial charge in [0, 0.05) is 6.07 Å². The van der Waals surface area contributed by atoms with E-state index in [0.717, 1.165) is 28.8 Å². The highest BCUT2D eigenvalue weighted by atomic mass is 32.1. The van der Waals surface area contributed by atoms with E-state index < -0.39 is 27.7 Å². The third-order valence-electron chi connectivity index (χ3n) is 3.30. The second-order valence-corrected chi connectivity index (χ2v) is 5.86. The Balaban J connectivity index is 1.99. The SMILES string of the molecule is COC(=O)c1cc([N+](=O)[O-])cn(Cc2coc(-c3cccs3)n2)c1=O. The van der Waals surface area contributed by atoms with Crippen LogP contribution >= 0.6 is 11.3 Å². The van der Waals surface area contributed by atoms with Gasteiger partial charge in [0.25, 0.3) is 11.2 Å². The highest BCUT2D eigenvalue weighted by Gasteiger charge is 2.20. The van der Waals surface area contributed by atoms with E-state index in [0.29, 0.717) is 11.6 Å². The molecule has 0 saturated heterocycles. The quantitative estimate of drug-likeness (QED) is 0.389. The van der Waals surface area contributed by atoms with Gasteiger partial charge in [0.2, 0.25) is 5.89 Å². The summed E-state index contributed by atoms with van der Waals surface area (Å²) >= 11 is 1.44. The Bertz CT molecular complexity index is 989. The monoisotopic (exact) mass is 361 g/mol. The highest BCUT2D eigenvalue weighted by Crippen LogP contribution is 2.24. The lowest BCUT2D eigenvalue weighted by Gasteiger charge is -2.06. The summed E-state index contributed by atoms with van der Waals surface area (Å²) in [7, 11) is 1.09. The van der Waals surface area contributed by atoms with Crippen LogP contribution in [0.4, 0.5) is 5.69 Å². The molecule has 0 amide bonds. The third kappa shape index (κ3) is 3.33. The van der Waals surface area contributed by atoms with Gasteiger partial charge in [0.15, 0.2) is 0 Å². The van der Waals surface area contributed by atoms with Crippen molar-refractivity contribution in [3.05, 3.63) is 67.8 Å². The van der Waals surface area contributed by atoms with E-state index in [1.807, 2.05) is 17.5 Å². The second-order valence-electron chi connectivity index (χ2n) is 4.92. The minimum atomic E-state index is -0.943. The van der Waals surface area contributed by atoms with Gasteiger partial charge in [-0.2, -0.15) is 0 Å². The van der Waals surface area contributed by atoms with Crippen molar-refractivity contribution in [3.63, 3.8) is 0 Å². The van der Waals surface area contributed by atoms with Crippen molar-refractivity contribution < 1.29 is 18.9 Å². The summed E-state index contributed by atoms with van der Waals surface area (Å²) in [6.07, 6.45) is 2.41. The number of pyridine rings is 1. The molecule has 0 N–H and O–H groups in total. The molecule has 3 aromatic heterocycles. The Kier molecular flexibility index (Phi) is 4.44. The van der Waals surface area contributed by atoms with Gasteiger partial charge in [-0.1, -0.05) is 6.07 Å². The van der Waals surface area contributed by atoms with E-state index >= 15 is 0 Å². The van der Waals surface area contributed by atoms with E-state index in [-0.39, 0.29) is 6.54 Å². The van der Waals surface area contributed by atoms with E-state index in [9.17, 15) is 19.7 Å². The lowest BCUT2D eigenvalue weighted by atomic mass is 10.2. The van der Waals surface area contributed by atoms with Crippen molar-refractivity contribution in [1.82, 2.24) is 9.55 Å². The number of nitrogens with zero attached hydrogens (tertiary/aromatic N) is 3. The Labute approximate surface area is 144 Å². The van der Waals surface area contributed by atoms with Gasteiger partial charge >= 0.3 is 5.97 Å². The van der Waals surface area contributed by atoms with Crippen molar-refractivity contribution >= 4 is 23.0 Å². The molecule has 128 valence electrons. The van der Waals surface area contributed by atoms with Gasteiger partial charge in [-0.25, -0.2) is 9.78 Å². The average Bonchev–Trinajstić information content (AvgIpc) is 3.27. The van der Waals surface area contributed by atoms with Crippen LogP contribution in [-0.2, 0) is 11.3 Å². The number of hydrogen-bond donors (Lipinski definition) is 0. The number of ether oxygens (including phenoxy) is 1. The predicted octanol–water partition coefficient (Wildman–Crippen LogP) is 2.31. The molecule has 0 spiro atoms. The summed E-state index contributed by atoms with van der Waals surface area (Å²) in [5, 5.41) is 12.9. The van der Waals surface area contributed by atoms with Crippen molar-refractivity contribution in [2.45, 2.75) is 6.54 Å². The molecule has 3 aromatic rings. The zero-order valence-electron chi connectivity index (χ0n) is 12.9.